The van der Waals surface area contributed by atoms with E-state index in [1.165, 1.54) is 0 Å². The Kier molecular flexibility index (Phi) is 10.4. The summed E-state index contributed by atoms with van der Waals surface area (Å²) < 4.78 is 50.0. The first-order valence-electron chi connectivity index (χ1n) is 19.8. The highest BCUT2D eigenvalue weighted by atomic mass is 32.2. The third-order valence-corrected chi connectivity index (χ3v) is 15.4. The molecule has 0 radical (unpaired) electrons. The van der Waals surface area contributed by atoms with Crippen molar-refractivity contribution in [2.24, 2.45) is 8.73 Å². The molecule has 0 spiro atoms. The van der Waals surface area contributed by atoms with Gasteiger partial charge in [-0.25, -0.2) is 18.4 Å². The molecule has 4 aromatic heterocycles. The third kappa shape index (κ3) is 8.15. The Morgan fingerprint density at radius 2 is 1.03 bits per heavy atom. The Balaban J connectivity index is 0.000000150. The minimum Gasteiger partial charge on any atom is -0.377 e. The maximum Gasteiger partial charge on any atom is 0.239 e. The molecule has 4 fully saturated rings. The minimum absolute atomic E-state index is 0.167. The number of benzene rings is 2. The van der Waals surface area contributed by atoms with E-state index in [0.717, 1.165) is 72.5 Å². The van der Waals surface area contributed by atoms with Crippen LogP contribution >= 0.6 is 0 Å². The summed E-state index contributed by atoms with van der Waals surface area (Å²) in [4.78, 5) is 32.2. The molecule has 16 nitrogen and oxygen atoms in total. The summed E-state index contributed by atoms with van der Waals surface area (Å²) in [7, 11) is -4.63. The van der Waals surface area contributed by atoms with Crippen molar-refractivity contribution in [3.05, 3.63) is 73.3 Å². The van der Waals surface area contributed by atoms with Gasteiger partial charge in [0.25, 0.3) is 0 Å². The molecule has 2 saturated carbocycles. The summed E-state index contributed by atoms with van der Waals surface area (Å²) >= 11 is 0. The number of anilines is 2. The van der Waals surface area contributed by atoms with Gasteiger partial charge in [0.05, 0.1) is 80.0 Å². The highest BCUT2D eigenvalue weighted by Crippen LogP contribution is 2.34. The van der Waals surface area contributed by atoms with Crippen LogP contribution in [0.1, 0.15) is 39.5 Å². The minimum atomic E-state index is -2.31. The van der Waals surface area contributed by atoms with Crippen molar-refractivity contribution < 1.29 is 17.9 Å². The van der Waals surface area contributed by atoms with E-state index in [1.54, 1.807) is 25.2 Å². The van der Waals surface area contributed by atoms with Gasteiger partial charge in [-0.3, -0.25) is 9.13 Å². The largest absolute Gasteiger partial charge is 0.377 e. The Bertz CT molecular complexity index is 2540. The predicted molar refractivity (Wildman–Crippen MR) is 227 cm³/mol. The molecule has 1 unspecified atom stereocenters. The van der Waals surface area contributed by atoms with Gasteiger partial charge in [-0.2, -0.15) is 28.7 Å². The van der Waals surface area contributed by atoms with Crippen LogP contribution in [0.3, 0.4) is 0 Å². The summed E-state index contributed by atoms with van der Waals surface area (Å²) in [6, 6.07) is 19.8. The second-order valence-corrected chi connectivity index (χ2v) is 20.7. The third-order valence-electron chi connectivity index (χ3n) is 10.9. The van der Waals surface area contributed by atoms with Gasteiger partial charge in [0.2, 0.25) is 11.9 Å². The monoisotopic (exact) mass is 824 g/mol. The lowest BCUT2D eigenvalue weighted by atomic mass is 10.2. The lowest BCUT2D eigenvalue weighted by Gasteiger charge is -2.34. The molecule has 0 amide bonds. The van der Waals surface area contributed by atoms with Gasteiger partial charge in [0, 0.05) is 48.2 Å². The Labute approximate surface area is 338 Å². The van der Waals surface area contributed by atoms with Crippen molar-refractivity contribution in [1.29, 1.82) is 0 Å². The number of para-hydroxylation sites is 4. The van der Waals surface area contributed by atoms with Crippen LogP contribution in [-0.4, -0.2) is 122 Å². The predicted octanol–water partition coefficient (Wildman–Crippen LogP) is 5.86. The second-order valence-electron chi connectivity index (χ2n) is 15.5. The second kappa shape index (κ2) is 15.6. The van der Waals surface area contributed by atoms with Crippen LogP contribution in [0.2, 0.25) is 0 Å². The molecular formula is C40H48N12O4S2. The number of ether oxygens (including phenoxy) is 2. The van der Waals surface area contributed by atoms with E-state index in [2.05, 4.69) is 52.3 Å². The molecule has 2 saturated heterocycles. The maximum atomic E-state index is 13.0. The quantitative estimate of drug-likeness (QED) is 0.179. The van der Waals surface area contributed by atoms with Crippen molar-refractivity contribution in [2.75, 3.05) is 61.8 Å². The van der Waals surface area contributed by atoms with Crippen LogP contribution in [0.5, 0.6) is 0 Å². The summed E-state index contributed by atoms with van der Waals surface area (Å²) in [6.45, 7) is 8.29. The van der Waals surface area contributed by atoms with Crippen LogP contribution in [0.25, 0.3) is 34.0 Å². The topological polar surface area (TPSA) is 171 Å². The van der Waals surface area contributed by atoms with E-state index in [9.17, 15) is 8.42 Å². The van der Waals surface area contributed by atoms with Crippen LogP contribution in [0.4, 0.5) is 23.3 Å². The van der Waals surface area contributed by atoms with Crippen molar-refractivity contribution in [3.63, 3.8) is 0 Å². The lowest BCUT2D eigenvalue weighted by molar-refractivity contribution is 0.0985. The number of nitrogens with zero attached hydrogens (tertiary/aromatic N) is 12. The first kappa shape index (κ1) is 38.5. The van der Waals surface area contributed by atoms with E-state index in [4.69, 9.17) is 19.4 Å². The number of morpholine rings is 2. The molecule has 10 rings (SSSR count). The summed E-state index contributed by atoms with van der Waals surface area (Å²) in [6.07, 6.45) is 10.8. The average molecular weight is 825 g/mol. The van der Waals surface area contributed by atoms with Gasteiger partial charge in [-0.1, -0.05) is 24.3 Å². The molecule has 304 valence electrons. The zero-order chi connectivity index (χ0) is 40.0. The molecule has 0 N–H and O–H groups in total. The van der Waals surface area contributed by atoms with Crippen molar-refractivity contribution in [3.8, 4) is 11.9 Å². The van der Waals surface area contributed by atoms with Crippen molar-refractivity contribution in [1.82, 2.24) is 39.0 Å². The number of fused-ring (bicyclic) bond motifs is 2. The lowest BCUT2D eigenvalue weighted by Crippen LogP contribution is -2.44. The van der Waals surface area contributed by atoms with Crippen molar-refractivity contribution in [2.45, 2.75) is 62.1 Å². The molecule has 58 heavy (non-hydrogen) atoms. The molecule has 4 aliphatic rings. The van der Waals surface area contributed by atoms with E-state index in [0.29, 0.717) is 50.0 Å². The fraction of sp³-hybridized carbons (Fsp3) is 0.450. The van der Waals surface area contributed by atoms with Crippen LogP contribution in [0, 0.1) is 0 Å². The van der Waals surface area contributed by atoms with Crippen molar-refractivity contribution >= 4 is 64.8 Å². The zero-order valence-electron chi connectivity index (χ0n) is 33.1. The summed E-state index contributed by atoms with van der Waals surface area (Å²) in [5.74, 6) is 3.43. The molecule has 6 aromatic rings. The van der Waals surface area contributed by atoms with Gasteiger partial charge < -0.3 is 19.3 Å². The summed E-state index contributed by atoms with van der Waals surface area (Å²) in [5.41, 5.74) is 3.59. The number of hydrogen-bond donors (Lipinski definition) is 0. The number of aromatic nitrogens is 8. The van der Waals surface area contributed by atoms with Crippen LogP contribution in [0.15, 0.2) is 82.0 Å². The molecule has 6 heterocycles. The van der Waals surface area contributed by atoms with E-state index >= 15 is 0 Å². The SMILES string of the molecule is C[C@@H]1COCCN1c1cc(N=S(C)(=O)C2CC2)nc(-n2cnc3ccccc32)n1.C[C@@H]1COCCN1c1cc(N=[S@@](C)(=O)C2CC2)nc(-n2cnc3ccccc32)n1. The molecule has 18 heteroatoms. The molecular weight excluding hydrogens is 777 g/mol. The summed E-state index contributed by atoms with van der Waals surface area (Å²) in [5, 5.41) is 0.335. The molecule has 2 aliphatic heterocycles. The number of imidazole rings is 2. The number of hydrogen-bond acceptors (Lipinski definition) is 14. The van der Waals surface area contributed by atoms with Gasteiger partial charge in [-0.15, -0.1) is 0 Å². The molecule has 0 bridgehead atoms. The maximum absolute atomic E-state index is 13.0. The van der Waals surface area contributed by atoms with Gasteiger partial charge >= 0.3 is 0 Å². The van der Waals surface area contributed by atoms with Crippen LogP contribution < -0.4 is 9.80 Å². The van der Waals surface area contributed by atoms with Gasteiger partial charge in [-0.05, 0) is 63.8 Å². The normalized spacial score (nSPS) is 21.9. The smallest absolute Gasteiger partial charge is 0.239 e. The zero-order valence-corrected chi connectivity index (χ0v) is 34.8. The molecule has 4 atom stereocenters. The van der Waals surface area contributed by atoms with Gasteiger partial charge in [0.15, 0.2) is 11.6 Å². The Morgan fingerprint density at radius 3 is 1.43 bits per heavy atom. The van der Waals surface area contributed by atoms with E-state index in [-0.39, 0.29) is 22.6 Å². The van der Waals surface area contributed by atoms with Crippen LogP contribution in [-0.2, 0) is 28.9 Å². The fourth-order valence-corrected chi connectivity index (χ4v) is 10.6. The Hall–Kier alpha value is -5.04. The highest BCUT2D eigenvalue weighted by molar-refractivity contribution is 7.94. The van der Waals surface area contributed by atoms with E-state index < -0.39 is 19.5 Å². The molecule has 2 aromatic carbocycles. The Morgan fingerprint density at radius 1 is 0.621 bits per heavy atom. The standard InChI is InChI=1S/2C20H24N6O2S/c2*1-14-12-28-10-9-25(14)19-11-18(24-29(2,27)15-7-8-15)22-20(23-19)26-13-21-16-5-3-4-6-17(16)26/h2*3-6,11,13-15H,7-10,12H2,1-2H3/t14-,29?;14-,29+/m11/s1. The number of rotatable bonds is 8. The molecule has 2 aliphatic carbocycles. The van der Waals surface area contributed by atoms with E-state index in [1.807, 2.05) is 69.8 Å². The first-order chi connectivity index (χ1) is 28.0. The first-order valence-corrected chi connectivity index (χ1v) is 23.7. The highest BCUT2D eigenvalue weighted by Gasteiger charge is 2.32. The van der Waals surface area contributed by atoms with Gasteiger partial charge in [0.1, 0.15) is 24.3 Å². The fourth-order valence-electron chi connectivity index (χ4n) is 7.33. The average Bonchev–Trinajstić information content (AvgIpc) is 4.16.